The van der Waals surface area contributed by atoms with Crippen molar-refractivity contribution in [3.63, 3.8) is 0 Å². The number of nitrogens with zero attached hydrogens (tertiary/aromatic N) is 3. The van der Waals surface area contributed by atoms with Crippen LogP contribution in [0.2, 0.25) is 0 Å². The number of aromatic nitrogens is 4. The van der Waals surface area contributed by atoms with Gasteiger partial charge in [0.2, 0.25) is 0 Å². The molecule has 1 unspecified atom stereocenters. The molecule has 0 radical (unpaired) electrons. The number of carbonyl (C=O) groups is 1. The number of aryl methyl sites for hydroxylation is 1. The predicted molar refractivity (Wildman–Crippen MR) is 93.7 cm³/mol. The van der Waals surface area contributed by atoms with E-state index in [1.807, 2.05) is 31.2 Å². The second-order valence-electron chi connectivity index (χ2n) is 6.55. The number of ether oxygens (including phenoxy) is 1. The Morgan fingerprint density at radius 3 is 2.92 bits per heavy atom. The third kappa shape index (κ3) is 2.97. The third-order valence-corrected chi connectivity index (χ3v) is 4.59. The summed E-state index contributed by atoms with van der Waals surface area (Å²) < 4.78 is 6.88. The van der Waals surface area contributed by atoms with Crippen molar-refractivity contribution < 1.29 is 9.53 Å². The van der Waals surface area contributed by atoms with Gasteiger partial charge >= 0.3 is 0 Å². The van der Waals surface area contributed by atoms with E-state index in [1.165, 1.54) is 0 Å². The standard InChI is InChI=1S/C18H21N5O2/c1-10(17-20-13-7-6-12(25-3)8-15(13)21-17)19-18(24)16-9-14(11-4-5-11)22-23(16)2/h6-11H,4-5H2,1-3H3,(H,19,24)(H,20,21). The molecule has 1 amide bonds. The normalized spacial score (nSPS) is 15.3. The molecule has 1 atom stereocenters. The molecule has 0 saturated heterocycles. The maximum Gasteiger partial charge on any atom is 0.270 e. The molecular weight excluding hydrogens is 318 g/mol. The Hall–Kier alpha value is -2.83. The minimum atomic E-state index is -0.245. The lowest BCUT2D eigenvalue weighted by molar-refractivity contribution is 0.0929. The van der Waals surface area contributed by atoms with Crippen molar-refractivity contribution in [1.82, 2.24) is 25.1 Å². The number of H-pyrrole nitrogens is 1. The summed E-state index contributed by atoms with van der Waals surface area (Å²) in [5.74, 6) is 1.85. The van der Waals surface area contributed by atoms with E-state index in [-0.39, 0.29) is 11.9 Å². The Labute approximate surface area is 145 Å². The minimum absolute atomic E-state index is 0.146. The van der Waals surface area contributed by atoms with E-state index in [0.717, 1.165) is 35.3 Å². The molecule has 130 valence electrons. The molecule has 1 aliphatic rings. The van der Waals surface area contributed by atoms with E-state index in [4.69, 9.17) is 4.74 Å². The number of hydrogen-bond acceptors (Lipinski definition) is 4. The van der Waals surface area contributed by atoms with Crippen molar-refractivity contribution in [1.29, 1.82) is 0 Å². The number of hydrogen-bond donors (Lipinski definition) is 2. The second kappa shape index (κ2) is 5.91. The number of benzene rings is 1. The molecule has 0 aliphatic heterocycles. The highest BCUT2D eigenvalue weighted by Gasteiger charge is 2.28. The van der Waals surface area contributed by atoms with Gasteiger partial charge in [-0.25, -0.2) is 4.98 Å². The van der Waals surface area contributed by atoms with Crippen molar-refractivity contribution in [3.8, 4) is 5.75 Å². The Kier molecular flexibility index (Phi) is 3.71. The van der Waals surface area contributed by atoms with Gasteiger partial charge in [-0.05, 0) is 38.0 Å². The van der Waals surface area contributed by atoms with Gasteiger partial charge in [-0.1, -0.05) is 0 Å². The number of rotatable bonds is 5. The van der Waals surface area contributed by atoms with Crippen LogP contribution in [0.15, 0.2) is 24.3 Å². The van der Waals surface area contributed by atoms with Gasteiger partial charge in [-0.15, -0.1) is 0 Å². The van der Waals surface area contributed by atoms with Gasteiger partial charge in [0.1, 0.15) is 17.3 Å². The van der Waals surface area contributed by atoms with Crippen LogP contribution >= 0.6 is 0 Å². The highest BCUT2D eigenvalue weighted by atomic mass is 16.5. The van der Waals surface area contributed by atoms with Gasteiger partial charge < -0.3 is 15.0 Å². The summed E-state index contributed by atoms with van der Waals surface area (Å²) in [5, 5.41) is 7.44. The highest BCUT2D eigenvalue weighted by molar-refractivity contribution is 5.93. The van der Waals surface area contributed by atoms with E-state index in [0.29, 0.717) is 17.4 Å². The molecule has 7 nitrogen and oxygen atoms in total. The van der Waals surface area contributed by atoms with Crippen molar-refractivity contribution >= 4 is 16.9 Å². The summed E-state index contributed by atoms with van der Waals surface area (Å²) in [5.41, 5.74) is 3.31. The van der Waals surface area contributed by atoms with Crippen molar-refractivity contribution in [2.24, 2.45) is 7.05 Å². The Bertz CT molecular complexity index is 938. The Morgan fingerprint density at radius 1 is 1.40 bits per heavy atom. The molecule has 1 saturated carbocycles. The predicted octanol–water partition coefficient (Wildman–Crippen LogP) is 2.67. The highest BCUT2D eigenvalue weighted by Crippen LogP contribution is 2.39. The lowest BCUT2D eigenvalue weighted by Crippen LogP contribution is -2.29. The molecule has 3 aromatic rings. The van der Waals surface area contributed by atoms with E-state index in [2.05, 4.69) is 20.4 Å². The van der Waals surface area contributed by atoms with Crippen LogP contribution in [0, 0.1) is 0 Å². The molecule has 2 heterocycles. The first kappa shape index (κ1) is 15.7. The summed E-state index contributed by atoms with van der Waals surface area (Å²) >= 11 is 0. The van der Waals surface area contributed by atoms with Crippen molar-refractivity contribution in [3.05, 3.63) is 41.5 Å². The average Bonchev–Trinajstić information content (AvgIpc) is 3.24. The fourth-order valence-electron chi connectivity index (χ4n) is 2.96. The Morgan fingerprint density at radius 2 is 2.20 bits per heavy atom. The van der Waals surface area contributed by atoms with Crippen LogP contribution in [0.3, 0.4) is 0 Å². The third-order valence-electron chi connectivity index (χ3n) is 4.59. The quantitative estimate of drug-likeness (QED) is 0.748. The summed E-state index contributed by atoms with van der Waals surface area (Å²) in [6, 6.07) is 7.30. The number of amides is 1. The average molecular weight is 339 g/mol. The van der Waals surface area contributed by atoms with Gasteiger partial charge in [-0.2, -0.15) is 5.10 Å². The first-order valence-corrected chi connectivity index (χ1v) is 8.43. The molecule has 4 rings (SSSR count). The Balaban J connectivity index is 1.52. The van der Waals surface area contributed by atoms with Crippen LogP contribution in [0.4, 0.5) is 0 Å². The first-order valence-electron chi connectivity index (χ1n) is 8.43. The topological polar surface area (TPSA) is 84.8 Å². The summed E-state index contributed by atoms with van der Waals surface area (Å²) in [4.78, 5) is 20.4. The van der Waals surface area contributed by atoms with Crippen LogP contribution in [0.5, 0.6) is 5.75 Å². The second-order valence-corrected chi connectivity index (χ2v) is 6.55. The van der Waals surface area contributed by atoms with Crippen LogP contribution < -0.4 is 10.1 Å². The first-order chi connectivity index (χ1) is 12.0. The van der Waals surface area contributed by atoms with E-state index < -0.39 is 0 Å². The number of carbonyl (C=O) groups excluding carboxylic acids is 1. The fourth-order valence-corrected chi connectivity index (χ4v) is 2.96. The molecule has 0 spiro atoms. The summed E-state index contributed by atoms with van der Waals surface area (Å²) in [6.45, 7) is 1.91. The maximum absolute atomic E-state index is 12.6. The molecule has 0 bridgehead atoms. The van der Waals surface area contributed by atoms with Gasteiger partial charge in [0.25, 0.3) is 5.91 Å². The number of fused-ring (bicyclic) bond motifs is 1. The van der Waals surface area contributed by atoms with Crippen LogP contribution in [0.25, 0.3) is 11.0 Å². The molecule has 2 aromatic heterocycles. The fraction of sp³-hybridized carbons (Fsp3) is 0.389. The van der Waals surface area contributed by atoms with Gasteiger partial charge in [-0.3, -0.25) is 9.48 Å². The zero-order valence-electron chi connectivity index (χ0n) is 14.5. The molecule has 1 aliphatic carbocycles. The molecule has 25 heavy (non-hydrogen) atoms. The number of imidazole rings is 1. The minimum Gasteiger partial charge on any atom is -0.497 e. The van der Waals surface area contributed by atoms with Gasteiger partial charge in [0, 0.05) is 19.0 Å². The number of aromatic amines is 1. The van der Waals surface area contributed by atoms with Crippen molar-refractivity contribution in [2.75, 3.05) is 7.11 Å². The molecule has 7 heteroatoms. The molecule has 1 fully saturated rings. The van der Waals surface area contributed by atoms with E-state index >= 15 is 0 Å². The van der Waals surface area contributed by atoms with Crippen molar-refractivity contribution in [2.45, 2.75) is 31.7 Å². The van der Waals surface area contributed by atoms with Gasteiger partial charge in [0.15, 0.2) is 0 Å². The smallest absolute Gasteiger partial charge is 0.270 e. The summed E-state index contributed by atoms with van der Waals surface area (Å²) in [6.07, 6.45) is 2.33. The van der Waals surface area contributed by atoms with Crippen LogP contribution in [-0.2, 0) is 7.05 Å². The molecular formula is C18H21N5O2. The zero-order valence-corrected chi connectivity index (χ0v) is 14.5. The molecule has 1 aromatic carbocycles. The van der Waals surface area contributed by atoms with Gasteiger partial charge in [0.05, 0.1) is 29.9 Å². The van der Waals surface area contributed by atoms with Crippen LogP contribution in [-0.4, -0.2) is 32.8 Å². The number of nitrogens with one attached hydrogen (secondary N) is 2. The maximum atomic E-state index is 12.6. The lowest BCUT2D eigenvalue weighted by atomic mass is 10.2. The SMILES string of the molecule is COc1ccc2nc(C(C)NC(=O)c3cc(C4CC4)nn3C)[nH]c2c1. The lowest BCUT2D eigenvalue weighted by Gasteiger charge is -2.11. The monoisotopic (exact) mass is 339 g/mol. The summed E-state index contributed by atoms with van der Waals surface area (Å²) in [7, 11) is 3.43. The van der Waals surface area contributed by atoms with E-state index in [9.17, 15) is 4.79 Å². The van der Waals surface area contributed by atoms with E-state index in [1.54, 1.807) is 18.8 Å². The van der Waals surface area contributed by atoms with Crippen LogP contribution in [0.1, 0.15) is 53.7 Å². The molecule has 2 N–H and O–H groups in total. The zero-order chi connectivity index (χ0) is 17.6. The largest absolute Gasteiger partial charge is 0.497 e. The number of methoxy groups -OCH3 is 1.